The van der Waals surface area contributed by atoms with Gasteiger partial charge in [-0.15, -0.1) is 0 Å². The third-order valence-corrected chi connectivity index (χ3v) is 4.85. The van der Waals surface area contributed by atoms with Crippen LogP contribution in [0.3, 0.4) is 0 Å². The lowest BCUT2D eigenvalue weighted by molar-refractivity contribution is 0.581. The van der Waals surface area contributed by atoms with Gasteiger partial charge in [-0.3, -0.25) is 0 Å². The predicted molar refractivity (Wildman–Crippen MR) is 81.7 cm³/mol. The Labute approximate surface area is 128 Å². The van der Waals surface area contributed by atoms with Crippen LogP contribution in [0, 0.1) is 6.92 Å². The van der Waals surface area contributed by atoms with Crippen LogP contribution in [-0.2, 0) is 16.6 Å². The van der Waals surface area contributed by atoms with Crippen molar-refractivity contribution in [3.8, 4) is 0 Å². The highest BCUT2D eigenvalue weighted by Crippen LogP contribution is 2.20. The minimum atomic E-state index is -3.59. The molecule has 0 aliphatic carbocycles. The highest BCUT2D eigenvalue weighted by Gasteiger charge is 2.14. The second-order valence-corrected chi connectivity index (χ2v) is 6.98. The smallest absolute Gasteiger partial charge is 0.207 e. The number of halogens is 2. The number of aryl methyl sites for hydroxylation is 1. The molecule has 0 fully saturated rings. The number of nitrogens with one attached hydrogen (secondary N) is 1. The first-order chi connectivity index (χ1) is 9.38. The van der Waals surface area contributed by atoms with Crippen LogP contribution in [0.5, 0.6) is 0 Å². The average molecular weight is 330 g/mol. The Kier molecular flexibility index (Phi) is 4.70. The van der Waals surface area contributed by atoms with Crippen LogP contribution in [0.25, 0.3) is 0 Å². The van der Waals surface area contributed by atoms with Crippen LogP contribution in [0.2, 0.25) is 10.0 Å². The van der Waals surface area contributed by atoms with E-state index in [1.807, 2.05) is 6.92 Å². The molecule has 6 heteroatoms. The summed E-state index contributed by atoms with van der Waals surface area (Å²) in [5, 5.41) is 0.996. The summed E-state index contributed by atoms with van der Waals surface area (Å²) in [6, 6.07) is 11.7. The number of hydrogen-bond donors (Lipinski definition) is 1. The zero-order valence-electron chi connectivity index (χ0n) is 10.7. The molecule has 106 valence electrons. The standard InChI is InChI=1S/C14H13Cl2NO2S/c1-10-5-6-13(8-14(10)16)20(18,19)17-9-11-3-2-4-12(15)7-11/h2-8,17H,9H2,1H3. The lowest BCUT2D eigenvalue weighted by Crippen LogP contribution is -2.23. The fourth-order valence-electron chi connectivity index (χ4n) is 1.65. The van der Waals surface area contributed by atoms with E-state index < -0.39 is 10.0 Å². The van der Waals surface area contributed by atoms with Gasteiger partial charge >= 0.3 is 0 Å². The van der Waals surface area contributed by atoms with E-state index in [0.717, 1.165) is 11.1 Å². The van der Waals surface area contributed by atoms with Gasteiger partial charge in [-0.1, -0.05) is 41.4 Å². The molecule has 0 aliphatic heterocycles. The molecule has 0 spiro atoms. The minimum Gasteiger partial charge on any atom is -0.207 e. The van der Waals surface area contributed by atoms with Gasteiger partial charge in [-0.05, 0) is 42.3 Å². The van der Waals surface area contributed by atoms with E-state index in [4.69, 9.17) is 23.2 Å². The summed E-state index contributed by atoms with van der Waals surface area (Å²) in [5.41, 5.74) is 1.62. The summed E-state index contributed by atoms with van der Waals surface area (Å²) < 4.78 is 26.8. The maximum Gasteiger partial charge on any atom is 0.240 e. The first kappa shape index (κ1) is 15.3. The van der Waals surface area contributed by atoms with Crippen LogP contribution in [-0.4, -0.2) is 8.42 Å². The highest BCUT2D eigenvalue weighted by atomic mass is 35.5. The molecule has 0 amide bonds. The minimum absolute atomic E-state index is 0.148. The van der Waals surface area contributed by atoms with Crippen LogP contribution in [0.15, 0.2) is 47.4 Å². The number of sulfonamides is 1. The van der Waals surface area contributed by atoms with Crippen LogP contribution in [0.4, 0.5) is 0 Å². The first-order valence-corrected chi connectivity index (χ1v) is 8.13. The number of hydrogen-bond acceptors (Lipinski definition) is 2. The van der Waals surface area contributed by atoms with Gasteiger partial charge in [0.2, 0.25) is 10.0 Å². The van der Waals surface area contributed by atoms with Crippen LogP contribution >= 0.6 is 23.2 Å². The van der Waals surface area contributed by atoms with Gasteiger partial charge in [0, 0.05) is 16.6 Å². The van der Waals surface area contributed by atoms with E-state index in [2.05, 4.69) is 4.72 Å². The van der Waals surface area contributed by atoms with Crippen LogP contribution in [0.1, 0.15) is 11.1 Å². The van der Waals surface area contributed by atoms with Gasteiger partial charge in [-0.25, -0.2) is 13.1 Å². The Morgan fingerprint density at radius 1 is 1.10 bits per heavy atom. The monoisotopic (exact) mass is 329 g/mol. The fraction of sp³-hybridized carbons (Fsp3) is 0.143. The van der Waals surface area contributed by atoms with Crippen molar-refractivity contribution in [2.45, 2.75) is 18.4 Å². The molecule has 1 N–H and O–H groups in total. The van der Waals surface area contributed by atoms with Crippen molar-refractivity contribution in [1.82, 2.24) is 4.72 Å². The molecule has 20 heavy (non-hydrogen) atoms. The Bertz CT molecular complexity index is 730. The Hall–Kier alpha value is -1.07. The number of benzene rings is 2. The van der Waals surface area contributed by atoms with Crippen molar-refractivity contribution in [2.24, 2.45) is 0 Å². The highest BCUT2D eigenvalue weighted by molar-refractivity contribution is 7.89. The summed E-state index contributed by atoms with van der Waals surface area (Å²) in [4.78, 5) is 0.148. The third-order valence-electron chi connectivity index (χ3n) is 2.81. The summed E-state index contributed by atoms with van der Waals surface area (Å²) >= 11 is 11.8. The summed E-state index contributed by atoms with van der Waals surface area (Å²) in [7, 11) is -3.59. The molecule has 0 unspecified atom stereocenters. The van der Waals surface area contributed by atoms with Gasteiger partial charge in [0.1, 0.15) is 0 Å². The second-order valence-electron chi connectivity index (χ2n) is 4.37. The van der Waals surface area contributed by atoms with E-state index >= 15 is 0 Å². The van der Waals surface area contributed by atoms with Crippen molar-refractivity contribution in [3.05, 3.63) is 63.6 Å². The summed E-state index contributed by atoms with van der Waals surface area (Å²) in [5.74, 6) is 0. The molecule has 0 bridgehead atoms. The van der Waals surface area contributed by atoms with E-state index in [1.165, 1.54) is 12.1 Å². The number of rotatable bonds is 4. The summed E-state index contributed by atoms with van der Waals surface area (Å²) in [6.07, 6.45) is 0. The van der Waals surface area contributed by atoms with Gasteiger partial charge in [-0.2, -0.15) is 0 Å². The first-order valence-electron chi connectivity index (χ1n) is 5.89. The molecule has 0 aliphatic rings. The molecule has 0 saturated carbocycles. The molecular weight excluding hydrogens is 317 g/mol. The largest absolute Gasteiger partial charge is 0.240 e. The van der Waals surface area contributed by atoms with Gasteiger partial charge < -0.3 is 0 Å². The van der Waals surface area contributed by atoms with Crippen molar-refractivity contribution >= 4 is 33.2 Å². The van der Waals surface area contributed by atoms with E-state index in [1.54, 1.807) is 30.3 Å². The van der Waals surface area contributed by atoms with Crippen molar-refractivity contribution < 1.29 is 8.42 Å². The van der Waals surface area contributed by atoms with Crippen molar-refractivity contribution in [2.75, 3.05) is 0 Å². The van der Waals surface area contributed by atoms with Gasteiger partial charge in [0.25, 0.3) is 0 Å². The second kappa shape index (κ2) is 6.14. The van der Waals surface area contributed by atoms with E-state index in [0.29, 0.717) is 10.0 Å². The zero-order chi connectivity index (χ0) is 14.8. The molecule has 3 nitrogen and oxygen atoms in total. The molecule has 2 aromatic carbocycles. The van der Waals surface area contributed by atoms with E-state index in [9.17, 15) is 8.42 Å². The Morgan fingerprint density at radius 3 is 2.50 bits per heavy atom. The molecule has 0 radical (unpaired) electrons. The Morgan fingerprint density at radius 2 is 1.85 bits per heavy atom. The fourth-order valence-corrected chi connectivity index (χ4v) is 3.15. The molecule has 2 aromatic rings. The predicted octanol–water partition coefficient (Wildman–Crippen LogP) is 3.78. The SMILES string of the molecule is Cc1ccc(S(=O)(=O)NCc2cccc(Cl)c2)cc1Cl. The lowest BCUT2D eigenvalue weighted by Gasteiger charge is -2.08. The molecule has 0 heterocycles. The van der Waals surface area contributed by atoms with Crippen molar-refractivity contribution in [1.29, 1.82) is 0 Å². The quantitative estimate of drug-likeness (QED) is 0.927. The molecule has 2 rings (SSSR count). The van der Waals surface area contributed by atoms with Gasteiger partial charge in [0.05, 0.1) is 4.90 Å². The topological polar surface area (TPSA) is 46.2 Å². The average Bonchev–Trinajstić information content (AvgIpc) is 2.40. The van der Waals surface area contributed by atoms with Gasteiger partial charge in [0.15, 0.2) is 0 Å². The molecular formula is C14H13Cl2NO2S. The molecule has 0 atom stereocenters. The van der Waals surface area contributed by atoms with Crippen LogP contribution < -0.4 is 4.72 Å². The summed E-state index contributed by atoms with van der Waals surface area (Å²) in [6.45, 7) is 1.99. The normalized spacial score (nSPS) is 11.6. The molecule has 0 aromatic heterocycles. The maximum atomic E-state index is 12.2. The Balaban J connectivity index is 2.17. The third kappa shape index (κ3) is 3.73. The molecule has 0 saturated heterocycles. The zero-order valence-corrected chi connectivity index (χ0v) is 13.1. The van der Waals surface area contributed by atoms with E-state index in [-0.39, 0.29) is 11.4 Å². The maximum absolute atomic E-state index is 12.2. The van der Waals surface area contributed by atoms with Crippen molar-refractivity contribution in [3.63, 3.8) is 0 Å². The lowest BCUT2D eigenvalue weighted by atomic mass is 10.2.